The van der Waals surface area contributed by atoms with E-state index in [1.165, 1.54) is 0 Å². The van der Waals surface area contributed by atoms with E-state index in [2.05, 4.69) is 5.32 Å². The first-order chi connectivity index (χ1) is 7.51. The van der Waals surface area contributed by atoms with E-state index < -0.39 is 12.1 Å². The highest BCUT2D eigenvalue weighted by atomic mass is 32.2. The van der Waals surface area contributed by atoms with Crippen LogP contribution in [0.25, 0.3) is 0 Å². The lowest BCUT2D eigenvalue weighted by Gasteiger charge is -2.17. The van der Waals surface area contributed by atoms with E-state index in [0.29, 0.717) is 18.8 Å². The Morgan fingerprint density at radius 3 is 2.56 bits per heavy atom. The first-order valence-corrected chi connectivity index (χ1v) is 6.90. The van der Waals surface area contributed by atoms with Gasteiger partial charge in [0.1, 0.15) is 6.29 Å². The maximum Gasteiger partial charge on any atom is 0.237 e. The van der Waals surface area contributed by atoms with Gasteiger partial charge in [0.2, 0.25) is 5.91 Å². The normalized spacial score (nSPS) is 14.6. The summed E-state index contributed by atoms with van der Waals surface area (Å²) in [7, 11) is 0. The number of thioether (sulfide) groups is 1. The van der Waals surface area contributed by atoms with Crippen molar-refractivity contribution < 1.29 is 9.59 Å². The number of amides is 1. The number of carbonyl (C=O) groups excluding carboxylic acids is 2. The lowest BCUT2D eigenvalue weighted by Crippen LogP contribution is -2.46. The minimum absolute atomic E-state index is 0.230. The molecular formula is C11H22N2O2S. The number of aldehydes is 1. The Kier molecular flexibility index (Phi) is 8.29. The molecule has 94 valence electrons. The molecule has 0 aromatic carbocycles. The number of hydrogen-bond acceptors (Lipinski definition) is 4. The van der Waals surface area contributed by atoms with Gasteiger partial charge in [0.05, 0.1) is 12.1 Å². The van der Waals surface area contributed by atoms with Gasteiger partial charge in [0.15, 0.2) is 0 Å². The molecule has 0 saturated carbocycles. The Bertz CT molecular complexity index is 222. The van der Waals surface area contributed by atoms with Gasteiger partial charge >= 0.3 is 0 Å². The standard InChI is InChI=1S/C11H22N2O2S/c1-8(2)6-9(7-14)13-11(15)10(12)4-5-16-3/h7-10H,4-6,12H2,1-3H3,(H,13,15). The fourth-order valence-electron chi connectivity index (χ4n) is 1.32. The second-order valence-electron chi connectivity index (χ2n) is 4.27. The van der Waals surface area contributed by atoms with Crippen LogP contribution in [0.4, 0.5) is 0 Å². The average molecular weight is 246 g/mol. The summed E-state index contributed by atoms with van der Waals surface area (Å²) in [5.74, 6) is 0.995. The molecule has 2 unspecified atom stereocenters. The average Bonchev–Trinajstić information content (AvgIpc) is 2.23. The molecule has 0 fully saturated rings. The van der Waals surface area contributed by atoms with Crippen LogP contribution in [0.5, 0.6) is 0 Å². The summed E-state index contributed by atoms with van der Waals surface area (Å²) in [6, 6.07) is -0.921. The van der Waals surface area contributed by atoms with Crippen LogP contribution in [0.1, 0.15) is 26.7 Å². The fraction of sp³-hybridized carbons (Fsp3) is 0.818. The van der Waals surface area contributed by atoms with Crippen LogP contribution in [0.3, 0.4) is 0 Å². The van der Waals surface area contributed by atoms with Crippen molar-refractivity contribution in [3.05, 3.63) is 0 Å². The molecule has 0 aromatic rings. The summed E-state index contributed by atoms with van der Waals surface area (Å²) in [4.78, 5) is 22.3. The zero-order valence-electron chi connectivity index (χ0n) is 10.2. The molecule has 0 bridgehead atoms. The van der Waals surface area contributed by atoms with Gasteiger partial charge in [0.25, 0.3) is 0 Å². The molecule has 0 saturated heterocycles. The molecule has 0 aliphatic rings. The van der Waals surface area contributed by atoms with Crippen molar-refractivity contribution in [2.45, 2.75) is 38.8 Å². The minimum Gasteiger partial charge on any atom is -0.345 e. The van der Waals surface area contributed by atoms with Crippen LogP contribution >= 0.6 is 11.8 Å². The van der Waals surface area contributed by atoms with Gasteiger partial charge in [-0.3, -0.25) is 4.79 Å². The minimum atomic E-state index is -0.512. The predicted octanol–water partition coefficient (Wildman–Crippen LogP) is 0.797. The lowest BCUT2D eigenvalue weighted by molar-refractivity contribution is -0.125. The molecular weight excluding hydrogens is 224 g/mol. The van der Waals surface area contributed by atoms with Gasteiger partial charge in [0, 0.05) is 0 Å². The summed E-state index contributed by atoms with van der Waals surface area (Å²) < 4.78 is 0. The van der Waals surface area contributed by atoms with Crippen LogP contribution in [0, 0.1) is 5.92 Å². The zero-order valence-corrected chi connectivity index (χ0v) is 11.0. The van der Waals surface area contributed by atoms with E-state index >= 15 is 0 Å². The zero-order chi connectivity index (χ0) is 12.6. The largest absolute Gasteiger partial charge is 0.345 e. The third-order valence-corrected chi connectivity index (χ3v) is 2.83. The number of rotatable bonds is 8. The SMILES string of the molecule is CSCCC(N)C(=O)NC(C=O)CC(C)C. The van der Waals surface area contributed by atoms with Crippen LogP contribution < -0.4 is 11.1 Å². The van der Waals surface area contributed by atoms with Crippen molar-refractivity contribution in [2.24, 2.45) is 11.7 Å². The van der Waals surface area contributed by atoms with Gasteiger partial charge < -0.3 is 15.8 Å². The van der Waals surface area contributed by atoms with E-state index in [0.717, 1.165) is 12.0 Å². The van der Waals surface area contributed by atoms with Crippen LogP contribution in [-0.4, -0.2) is 36.3 Å². The molecule has 0 heterocycles. The Morgan fingerprint density at radius 1 is 1.50 bits per heavy atom. The first-order valence-electron chi connectivity index (χ1n) is 5.51. The molecule has 0 spiro atoms. The molecule has 2 atom stereocenters. The maximum atomic E-state index is 11.6. The monoisotopic (exact) mass is 246 g/mol. The van der Waals surface area contributed by atoms with Crippen molar-refractivity contribution >= 4 is 24.0 Å². The molecule has 0 radical (unpaired) electrons. The van der Waals surface area contributed by atoms with Gasteiger partial charge in [-0.1, -0.05) is 13.8 Å². The first kappa shape index (κ1) is 15.4. The summed E-state index contributed by atoms with van der Waals surface area (Å²) >= 11 is 1.65. The highest BCUT2D eigenvalue weighted by Crippen LogP contribution is 2.04. The maximum absolute atomic E-state index is 11.6. The van der Waals surface area contributed by atoms with Crippen molar-refractivity contribution in [1.29, 1.82) is 0 Å². The van der Waals surface area contributed by atoms with Gasteiger partial charge in [-0.15, -0.1) is 0 Å². The Labute approximate surface area is 102 Å². The summed E-state index contributed by atoms with van der Waals surface area (Å²) in [5, 5.41) is 2.67. The lowest BCUT2D eigenvalue weighted by atomic mass is 10.0. The molecule has 1 amide bonds. The molecule has 5 heteroatoms. The third kappa shape index (κ3) is 6.85. The van der Waals surface area contributed by atoms with Crippen molar-refractivity contribution in [3.63, 3.8) is 0 Å². The second-order valence-corrected chi connectivity index (χ2v) is 5.25. The quantitative estimate of drug-likeness (QED) is 0.621. The highest BCUT2D eigenvalue weighted by molar-refractivity contribution is 7.98. The van der Waals surface area contributed by atoms with E-state index in [-0.39, 0.29) is 5.91 Å². The van der Waals surface area contributed by atoms with Crippen LogP contribution in [0.2, 0.25) is 0 Å². The predicted molar refractivity (Wildman–Crippen MR) is 68.4 cm³/mol. The Hall–Kier alpha value is -0.550. The molecule has 16 heavy (non-hydrogen) atoms. The highest BCUT2D eigenvalue weighted by Gasteiger charge is 2.17. The topological polar surface area (TPSA) is 72.2 Å². The van der Waals surface area contributed by atoms with Crippen molar-refractivity contribution in [1.82, 2.24) is 5.32 Å². The number of nitrogens with two attached hydrogens (primary N) is 1. The van der Waals surface area contributed by atoms with E-state index in [1.54, 1.807) is 11.8 Å². The van der Waals surface area contributed by atoms with Crippen LogP contribution in [-0.2, 0) is 9.59 Å². The van der Waals surface area contributed by atoms with Gasteiger partial charge in [-0.05, 0) is 30.8 Å². The van der Waals surface area contributed by atoms with E-state index in [4.69, 9.17) is 5.73 Å². The molecule has 0 aliphatic heterocycles. The number of carbonyl (C=O) groups is 2. The van der Waals surface area contributed by atoms with Gasteiger partial charge in [-0.2, -0.15) is 11.8 Å². The number of hydrogen-bond donors (Lipinski definition) is 2. The molecule has 0 aromatic heterocycles. The third-order valence-electron chi connectivity index (χ3n) is 2.19. The smallest absolute Gasteiger partial charge is 0.237 e. The second kappa shape index (κ2) is 8.58. The fourth-order valence-corrected chi connectivity index (χ4v) is 1.81. The summed E-state index contributed by atoms with van der Waals surface area (Å²) in [6.07, 6.45) is 4.04. The number of nitrogens with one attached hydrogen (secondary N) is 1. The van der Waals surface area contributed by atoms with E-state index in [9.17, 15) is 9.59 Å². The van der Waals surface area contributed by atoms with Gasteiger partial charge in [-0.25, -0.2) is 0 Å². The summed E-state index contributed by atoms with van der Waals surface area (Å²) in [6.45, 7) is 4.02. The molecule has 3 N–H and O–H groups in total. The van der Waals surface area contributed by atoms with Crippen LogP contribution in [0.15, 0.2) is 0 Å². The molecule has 0 aliphatic carbocycles. The molecule has 4 nitrogen and oxygen atoms in total. The van der Waals surface area contributed by atoms with E-state index in [1.807, 2.05) is 20.1 Å². The molecule has 0 rings (SSSR count). The van der Waals surface area contributed by atoms with Crippen molar-refractivity contribution in [2.75, 3.05) is 12.0 Å². The summed E-state index contributed by atoms with van der Waals surface area (Å²) in [5.41, 5.74) is 5.70. The Morgan fingerprint density at radius 2 is 2.12 bits per heavy atom. The Balaban J connectivity index is 4.03. The van der Waals surface area contributed by atoms with Crippen molar-refractivity contribution in [3.8, 4) is 0 Å².